The third-order valence-electron chi connectivity index (χ3n) is 8.55. The minimum atomic E-state index is -0.539. The standard InChI is InChI=1S/C35H38N4O2/c1-6-23-15-12-16-24(7-2)30(23)39-31(27-17-18-29-26(21-27)19-20-36-29)28-22-38(35(4,5)33(28)37-39)32(34(40)41-8-3)25-13-10-9-11-14-25/h9-21,32,36H,6-8,22H2,1-5H3. The monoisotopic (exact) mass is 546 g/mol. The van der Waals surface area contributed by atoms with Gasteiger partial charge in [0.05, 0.1) is 29.2 Å². The highest BCUT2D eigenvalue weighted by atomic mass is 16.5. The lowest BCUT2D eigenvalue weighted by molar-refractivity contribution is -0.152. The van der Waals surface area contributed by atoms with Crippen molar-refractivity contribution in [2.24, 2.45) is 0 Å². The molecule has 6 rings (SSSR count). The van der Waals surface area contributed by atoms with Crippen molar-refractivity contribution in [3.05, 3.63) is 107 Å². The van der Waals surface area contributed by atoms with Crippen molar-refractivity contribution >= 4 is 16.9 Å². The summed E-state index contributed by atoms with van der Waals surface area (Å²) in [5.41, 5.74) is 9.59. The van der Waals surface area contributed by atoms with Crippen LogP contribution in [-0.4, -0.2) is 32.2 Å². The van der Waals surface area contributed by atoms with Gasteiger partial charge in [-0.15, -0.1) is 0 Å². The second-order valence-electron chi connectivity index (χ2n) is 11.3. The van der Waals surface area contributed by atoms with E-state index in [9.17, 15) is 4.79 Å². The zero-order chi connectivity index (χ0) is 28.7. The summed E-state index contributed by atoms with van der Waals surface area (Å²) in [6, 6.07) is 24.7. The molecule has 3 aromatic carbocycles. The van der Waals surface area contributed by atoms with Crippen molar-refractivity contribution < 1.29 is 9.53 Å². The number of H-pyrrole nitrogens is 1. The van der Waals surface area contributed by atoms with Gasteiger partial charge >= 0.3 is 5.97 Å². The fourth-order valence-electron chi connectivity index (χ4n) is 6.46. The van der Waals surface area contributed by atoms with E-state index in [0.717, 1.165) is 51.8 Å². The SMILES string of the molecule is CCOC(=O)C(c1ccccc1)N1Cc2c(nn(-c3c(CC)cccc3CC)c2-c2ccc3[nH]ccc3c2)C1(C)C. The first-order valence-electron chi connectivity index (χ1n) is 14.7. The minimum absolute atomic E-state index is 0.232. The summed E-state index contributed by atoms with van der Waals surface area (Å²) >= 11 is 0. The Balaban J connectivity index is 1.58. The molecule has 0 saturated carbocycles. The van der Waals surface area contributed by atoms with Crippen LogP contribution < -0.4 is 0 Å². The van der Waals surface area contributed by atoms with E-state index in [1.165, 1.54) is 16.8 Å². The third kappa shape index (κ3) is 4.47. The first-order chi connectivity index (χ1) is 19.9. The summed E-state index contributed by atoms with van der Waals surface area (Å²) in [5, 5.41) is 6.58. The summed E-state index contributed by atoms with van der Waals surface area (Å²) in [4.78, 5) is 19.1. The molecule has 0 radical (unpaired) electrons. The van der Waals surface area contributed by atoms with Gasteiger partial charge in [-0.25, -0.2) is 9.48 Å². The van der Waals surface area contributed by atoms with E-state index < -0.39 is 11.6 Å². The van der Waals surface area contributed by atoms with E-state index >= 15 is 0 Å². The molecule has 0 amide bonds. The molecule has 210 valence electrons. The summed E-state index contributed by atoms with van der Waals surface area (Å²) < 4.78 is 7.83. The van der Waals surface area contributed by atoms with Crippen LogP contribution in [0.5, 0.6) is 0 Å². The number of para-hydroxylation sites is 1. The number of nitrogens with one attached hydrogen (secondary N) is 1. The molecule has 0 spiro atoms. The Kier molecular flexibility index (Phi) is 7.04. The topological polar surface area (TPSA) is 63.1 Å². The highest BCUT2D eigenvalue weighted by Gasteiger charge is 2.48. The van der Waals surface area contributed by atoms with Gasteiger partial charge < -0.3 is 9.72 Å². The lowest BCUT2D eigenvalue weighted by Gasteiger charge is -2.37. The van der Waals surface area contributed by atoms with Crippen LogP contribution in [0, 0.1) is 0 Å². The van der Waals surface area contributed by atoms with Crippen molar-refractivity contribution in [2.75, 3.05) is 6.61 Å². The maximum Gasteiger partial charge on any atom is 0.328 e. The Morgan fingerprint density at radius 3 is 2.39 bits per heavy atom. The molecule has 1 unspecified atom stereocenters. The number of hydrogen-bond donors (Lipinski definition) is 1. The van der Waals surface area contributed by atoms with Crippen LogP contribution >= 0.6 is 0 Å². The number of fused-ring (bicyclic) bond motifs is 2. The molecular weight excluding hydrogens is 508 g/mol. The van der Waals surface area contributed by atoms with Crippen LogP contribution in [0.3, 0.4) is 0 Å². The average molecular weight is 547 g/mol. The second kappa shape index (κ2) is 10.7. The maximum atomic E-state index is 13.5. The molecule has 1 aliphatic rings. The van der Waals surface area contributed by atoms with Crippen molar-refractivity contribution in [3.8, 4) is 16.9 Å². The molecule has 41 heavy (non-hydrogen) atoms. The highest BCUT2D eigenvalue weighted by Crippen LogP contribution is 2.48. The molecule has 0 aliphatic carbocycles. The molecule has 6 nitrogen and oxygen atoms in total. The van der Waals surface area contributed by atoms with Gasteiger partial charge in [0.15, 0.2) is 0 Å². The number of hydrogen-bond acceptors (Lipinski definition) is 4. The summed E-state index contributed by atoms with van der Waals surface area (Å²) in [7, 11) is 0. The van der Waals surface area contributed by atoms with Crippen molar-refractivity contribution in [1.29, 1.82) is 0 Å². The maximum absolute atomic E-state index is 13.5. The highest BCUT2D eigenvalue weighted by molar-refractivity contribution is 5.86. The zero-order valence-electron chi connectivity index (χ0n) is 24.6. The molecule has 1 aliphatic heterocycles. The molecular formula is C35H38N4O2. The number of aryl methyl sites for hydroxylation is 2. The van der Waals surface area contributed by atoms with E-state index in [0.29, 0.717) is 13.2 Å². The largest absolute Gasteiger partial charge is 0.465 e. The number of benzene rings is 3. The van der Waals surface area contributed by atoms with Crippen molar-refractivity contribution in [2.45, 2.75) is 65.6 Å². The van der Waals surface area contributed by atoms with E-state index in [2.05, 4.69) is 84.7 Å². The molecule has 0 saturated heterocycles. The van der Waals surface area contributed by atoms with Gasteiger partial charge in [-0.1, -0.05) is 68.4 Å². The predicted molar refractivity (Wildman–Crippen MR) is 164 cm³/mol. The molecule has 1 atom stereocenters. The van der Waals surface area contributed by atoms with E-state index in [1.807, 2.05) is 43.5 Å². The molecule has 1 N–H and O–H groups in total. The Morgan fingerprint density at radius 2 is 1.71 bits per heavy atom. The number of esters is 1. The van der Waals surface area contributed by atoms with Crippen LogP contribution in [0.2, 0.25) is 0 Å². The molecule has 2 aromatic heterocycles. The van der Waals surface area contributed by atoms with Crippen LogP contribution in [0.15, 0.2) is 79.0 Å². The summed E-state index contributed by atoms with van der Waals surface area (Å²) in [6.07, 6.45) is 3.81. The Morgan fingerprint density at radius 1 is 0.976 bits per heavy atom. The number of aromatic amines is 1. The fourth-order valence-corrected chi connectivity index (χ4v) is 6.46. The van der Waals surface area contributed by atoms with Gasteiger partial charge in [0, 0.05) is 34.8 Å². The van der Waals surface area contributed by atoms with E-state index in [4.69, 9.17) is 9.84 Å². The molecule has 3 heterocycles. The van der Waals surface area contributed by atoms with Gasteiger partial charge in [0.2, 0.25) is 0 Å². The fraction of sp³-hybridized carbons (Fsp3) is 0.314. The van der Waals surface area contributed by atoms with Crippen LogP contribution in [0.25, 0.3) is 27.8 Å². The van der Waals surface area contributed by atoms with Crippen LogP contribution in [-0.2, 0) is 34.5 Å². The van der Waals surface area contributed by atoms with Gasteiger partial charge in [0.1, 0.15) is 6.04 Å². The Hall–Kier alpha value is -4.16. The summed E-state index contributed by atoms with van der Waals surface area (Å²) in [5.74, 6) is -0.232. The number of carbonyl (C=O) groups excluding carboxylic acids is 1. The van der Waals surface area contributed by atoms with Gasteiger partial charge in [-0.2, -0.15) is 5.10 Å². The number of carbonyl (C=O) groups is 1. The first kappa shape index (κ1) is 27.0. The van der Waals surface area contributed by atoms with Crippen LogP contribution in [0.4, 0.5) is 0 Å². The average Bonchev–Trinajstić information content (AvgIpc) is 3.67. The molecule has 0 fully saturated rings. The Bertz CT molecular complexity index is 1690. The van der Waals surface area contributed by atoms with Crippen molar-refractivity contribution in [3.63, 3.8) is 0 Å². The molecule has 0 bridgehead atoms. The molecule has 6 heteroatoms. The van der Waals surface area contributed by atoms with Crippen LogP contribution in [0.1, 0.15) is 68.6 Å². The second-order valence-corrected chi connectivity index (χ2v) is 11.3. The van der Waals surface area contributed by atoms with E-state index in [-0.39, 0.29) is 5.97 Å². The van der Waals surface area contributed by atoms with Crippen molar-refractivity contribution in [1.82, 2.24) is 19.7 Å². The van der Waals surface area contributed by atoms with Gasteiger partial charge in [0.25, 0.3) is 0 Å². The third-order valence-corrected chi connectivity index (χ3v) is 8.55. The van der Waals surface area contributed by atoms with Gasteiger partial charge in [-0.3, -0.25) is 4.90 Å². The number of rotatable bonds is 8. The minimum Gasteiger partial charge on any atom is -0.465 e. The number of ether oxygens (including phenoxy) is 1. The zero-order valence-corrected chi connectivity index (χ0v) is 24.6. The normalized spacial score (nSPS) is 15.2. The molecule has 5 aromatic rings. The lowest BCUT2D eigenvalue weighted by atomic mass is 9.96. The Labute approximate surface area is 242 Å². The smallest absolute Gasteiger partial charge is 0.328 e. The first-order valence-corrected chi connectivity index (χ1v) is 14.7. The van der Waals surface area contributed by atoms with E-state index in [1.54, 1.807) is 0 Å². The number of nitrogens with zero attached hydrogens (tertiary/aromatic N) is 3. The predicted octanol–water partition coefficient (Wildman–Crippen LogP) is 7.50. The summed E-state index contributed by atoms with van der Waals surface area (Å²) in [6.45, 7) is 11.5. The van der Waals surface area contributed by atoms with Gasteiger partial charge in [-0.05, 0) is 68.5 Å². The quantitative estimate of drug-likeness (QED) is 0.205. The lowest BCUT2D eigenvalue weighted by Crippen LogP contribution is -2.43. The number of aromatic nitrogens is 3.